The van der Waals surface area contributed by atoms with Crippen LogP contribution in [0, 0.1) is 0 Å². The minimum absolute atomic E-state index is 0.0450. The number of anilines is 1. The third kappa shape index (κ3) is 2.44. The van der Waals surface area contributed by atoms with Crippen LogP contribution in [0.4, 0.5) is 5.69 Å². The molecule has 0 heterocycles. The lowest BCUT2D eigenvalue weighted by Crippen LogP contribution is -2.28. The maximum atomic E-state index is 9.78. The van der Waals surface area contributed by atoms with Crippen LogP contribution in [0.5, 0.6) is 0 Å². The molecule has 0 bridgehead atoms. The molecule has 0 aromatic heterocycles. The zero-order chi connectivity index (χ0) is 9.84. The van der Waals surface area contributed by atoms with Crippen molar-refractivity contribution in [1.82, 2.24) is 5.32 Å². The van der Waals surface area contributed by atoms with E-state index >= 15 is 0 Å². The van der Waals surface area contributed by atoms with E-state index in [-0.39, 0.29) is 6.04 Å². The molecule has 0 amide bonds. The van der Waals surface area contributed by atoms with E-state index in [2.05, 4.69) is 5.32 Å². The van der Waals surface area contributed by atoms with Gasteiger partial charge in [0.15, 0.2) is 0 Å². The molecule has 1 aromatic carbocycles. The van der Waals surface area contributed by atoms with Crippen LogP contribution in [0.1, 0.15) is 18.6 Å². The maximum Gasteiger partial charge on any atom is 0.0940 e. The molecule has 1 rings (SSSR count). The van der Waals surface area contributed by atoms with Crippen molar-refractivity contribution in [1.29, 1.82) is 0 Å². The van der Waals surface area contributed by atoms with Gasteiger partial charge in [-0.05, 0) is 31.7 Å². The molecular formula is C10H16N2O. The summed E-state index contributed by atoms with van der Waals surface area (Å²) in [5, 5.41) is 12.8. The Labute approximate surface area is 78.6 Å². The molecule has 72 valence electrons. The molecule has 3 heteroatoms. The van der Waals surface area contributed by atoms with Gasteiger partial charge in [0.25, 0.3) is 0 Å². The smallest absolute Gasteiger partial charge is 0.0940 e. The summed E-state index contributed by atoms with van der Waals surface area (Å²) in [6.45, 7) is 1.93. The van der Waals surface area contributed by atoms with E-state index in [0.717, 1.165) is 5.56 Å². The molecular weight excluding hydrogens is 164 g/mol. The molecule has 13 heavy (non-hydrogen) atoms. The average Bonchev–Trinajstić information content (AvgIpc) is 2.17. The summed E-state index contributed by atoms with van der Waals surface area (Å²) in [4.78, 5) is 0. The van der Waals surface area contributed by atoms with Crippen LogP contribution in [0.2, 0.25) is 0 Å². The minimum Gasteiger partial charge on any atom is -0.399 e. The van der Waals surface area contributed by atoms with E-state index in [1.165, 1.54) is 0 Å². The SMILES string of the molecule is CNC(C)C(O)c1ccc(N)cc1. The van der Waals surface area contributed by atoms with Crippen LogP contribution >= 0.6 is 0 Å². The first kappa shape index (κ1) is 10.0. The molecule has 0 spiro atoms. The molecule has 0 aliphatic rings. The van der Waals surface area contributed by atoms with Crippen LogP contribution in [0.15, 0.2) is 24.3 Å². The molecule has 0 fully saturated rings. The van der Waals surface area contributed by atoms with E-state index in [4.69, 9.17) is 5.73 Å². The summed E-state index contributed by atoms with van der Waals surface area (Å²) in [6.07, 6.45) is -0.481. The Morgan fingerprint density at radius 1 is 1.31 bits per heavy atom. The summed E-state index contributed by atoms with van der Waals surface area (Å²) >= 11 is 0. The standard InChI is InChI=1S/C10H16N2O/c1-7(12-2)10(13)8-3-5-9(11)6-4-8/h3-7,10,12-13H,11H2,1-2H3. The van der Waals surface area contributed by atoms with Crippen molar-refractivity contribution < 1.29 is 5.11 Å². The molecule has 0 radical (unpaired) electrons. The monoisotopic (exact) mass is 180 g/mol. The van der Waals surface area contributed by atoms with Crippen molar-refractivity contribution in [3.8, 4) is 0 Å². The Kier molecular flexibility index (Phi) is 3.28. The highest BCUT2D eigenvalue weighted by molar-refractivity contribution is 5.40. The van der Waals surface area contributed by atoms with Crippen LogP contribution in [0.3, 0.4) is 0 Å². The molecule has 1 aromatic rings. The number of nitrogen functional groups attached to an aromatic ring is 1. The molecule has 4 N–H and O–H groups in total. The highest BCUT2D eigenvalue weighted by Crippen LogP contribution is 2.17. The molecule has 3 nitrogen and oxygen atoms in total. The average molecular weight is 180 g/mol. The van der Waals surface area contributed by atoms with Crippen molar-refractivity contribution in [3.05, 3.63) is 29.8 Å². The number of hydrogen-bond acceptors (Lipinski definition) is 3. The first-order chi connectivity index (χ1) is 6.15. The summed E-state index contributed by atoms with van der Waals surface area (Å²) in [7, 11) is 1.82. The number of nitrogens with one attached hydrogen (secondary N) is 1. The molecule has 0 saturated heterocycles. The van der Waals surface area contributed by atoms with E-state index in [0.29, 0.717) is 5.69 Å². The number of aliphatic hydroxyl groups excluding tert-OH is 1. The first-order valence-electron chi connectivity index (χ1n) is 4.36. The van der Waals surface area contributed by atoms with E-state index in [1.54, 1.807) is 12.1 Å². The second kappa shape index (κ2) is 4.25. The minimum atomic E-state index is -0.481. The Bertz CT molecular complexity index is 258. The topological polar surface area (TPSA) is 58.3 Å². The van der Waals surface area contributed by atoms with Gasteiger partial charge in [0, 0.05) is 11.7 Å². The molecule has 2 unspecified atom stereocenters. The van der Waals surface area contributed by atoms with Crippen molar-refractivity contribution in [2.24, 2.45) is 0 Å². The highest BCUT2D eigenvalue weighted by Gasteiger charge is 2.13. The van der Waals surface area contributed by atoms with E-state index in [1.807, 2.05) is 26.1 Å². The normalized spacial score (nSPS) is 15.3. The predicted octanol–water partition coefficient (Wildman–Crippen LogP) is 0.910. The lowest BCUT2D eigenvalue weighted by Gasteiger charge is -2.18. The quantitative estimate of drug-likeness (QED) is 0.606. The zero-order valence-electron chi connectivity index (χ0n) is 7.99. The van der Waals surface area contributed by atoms with Gasteiger partial charge < -0.3 is 16.2 Å². The summed E-state index contributed by atoms with van der Waals surface area (Å²) in [5.41, 5.74) is 7.14. The van der Waals surface area contributed by atoms with Crippen molar-refractivity contribution in [3.63, 3.8) is 0 Å². The van der Waals surface area contributed by atoms with Gasteiger partial charge in [-0.1, -0.05) is 12.1 Å². The fourth-order valence-corrected chi connectivity index (χ4v) is 1.14. The van der Waals surface area contributed by atoms with Crippen molar-refractivity contribution >= 4 is 5.69 Å². The zero-order valence-corrected chi connectivity index (χ0v) is 7.99. The van der Waals surface area contributed by atoms with Gasteiger partial charge in [-0.3, -0.25) is 0 Å². The third-order valence-corrected chi connectivity index (χ3v) is 2.21. The van der Waals surface area contributed by atoms with Crippen LogP contribution < -0.4 is 11.1 Å². The Morgan fingerprint density at radius 2 is 1.85 bits per heavy atom. The summed E-state index contributed by atoms with van der Waals surface area (Å²) < 4.78 is 0. The maximum absolute atomic E-state index is 9.78. The number of benzene rings is 1. The highest BCUT2D eigenvalue weighted by atomic mass is 16.3. The van der Waals surface area contributed by atoms with Gasteiger partial charge in [0.2, 0.25) is 0 Å². The fourth-order valence-electron chi connectivity index (χ4n) is 1.14. The second-order valence-electron chi connectivity index (χ2n) is 3.19. The van der Waals surface area contributed by atoms with Crippen LogP contribution in [-0.2, 0) is 0 Å². The van der Waals surface area contributed by atoms with Crippen molar-refractivity contribution in [2.45, 2.75) is 19.1 Å². The van der Waals surface area contributed by atoms with Gasteiger partial charge in [-0.25, -0.2) is 0 Å². The van der Waals surface area contributed by atoms with Gasteiger partial charge in [0.1, 0.15) is 0 Å². The van der Waals surface area contributed by atoms with Gasteiger partial charge in [-0.15, -0.1) is 0 Å². The second-order valence-corrected chi connectivity index (χ2v) is 3.19. The van der Waals surface area contributed by atoms with Crippen LogP contribution in [-0.4, -0.2) is 18.2 Å². The van der Waals surface area contributed by atoms with Crippen LogP contribution in [0.25, 0.3) is 0 Å². The lowest BCUT2D eigenvalue weighted by atomic mass is 10.0. The Morgan fingerprint density at radius 3 is 2.31 bits per heavy atom. The third-order valence-electron chi connectivity index (χ3n) is 2.21. The number of rotatable bonds is 3. The van der Waals surface area contributed by atoms with Gasteiger partial charge in [0.05, 0.1) is 6.10 Å². The summed E-state index contributed by atoms with van der Waals surface area (Å²) in [6, 6.07) is 7.31. The van der Waals surface area contributed by atoms with Gasteiger partial charge >= 0.3 is 0 Å². The van der Waals surface area contributed by atoms with E-state index in [9.17, 15) is 5.11 Å². The number of nitrogens with two attached hydrogens (primary N) is 1. The number of aliphatic hydroxyl groups is 1. The Balaban J connectivity index is 2.77. The summed E-state index contributed by atoms with van der Waals surface area (Å²) in [5.74, 6) is 0. The fraction of sp³-hybridized carbons (Fsp3) is 0.400. The molecule has 0 saturated carbocycles. The van der Waals surface area contributed by atoms with Crippen molar-refractivity contribution in [2.75, 3.05) is 12.8 Å². The largest absolute Gasteiger partial charge is 0.399 e. The van der Waals surface area contributed by atoms with E-state index < -0.39 is 6.10 Å². The lowest BCUT2D eigenvalue weighted by molar-refractivity contribution is 0.140. The molecule has 0 aliphatic carbocycles. The predicted molar refractivity (Wildman–Crippen MR) is 54.3 cm³/mol. The first-order valence-corrected chi connectivity index (χ1v) is 4.36. The molecule has 0 aliphatic heterocycles. The Hall–Kier alpha value is -1.06. The molecule has 2 atom stereocenters. The number of likely N-dealkylation sites (N-methyl/N-ethyl adjacent to an activating group) is 1. The van der Waals surface area contributed by atoms with Gasteiger partial charge in [-0.2, -0.15) is 0 Å². The number of hydrogen-bond donors (Lipinski definition) is 3.